The Labute approximate surface area is 154 Å². The molecule has 0 aromatic heterocycles. The molecule has 6 nitrogen and oxygen atoms in total. The number of aliphatic hydroxyl groups excluding tert-OH is 1. The molecule has 0 bridgehead atoms. The molecule has 1 aromatic carbocycles. The van der Waals surface area contributed by atoms with Gasteiger partial charge in [0.15, 0.2) is 0 Å². The highest BCUT2D eigenvalue weighted by atomic mass is 16.6. The lowest BCUT2D eigenvalue weighted by Gasteiger charge is -2.43. The number of aromatic hydroxyl groups is 1. The van der Waals surface area contributed by atoms with Crippen LogP contribution in [0.3, 0.4) is 0 Å². The van der Waals surface area contributed by atoms with Crippen LogP contribution in [0.4, 0.5) is 4.79 Å². The minimum atomic E-state index is -0.691. The fraction of sp³-hybridized carbons (Fsp3) is 0.650. The van der Waals surface area contributed by atoms with Gasteiger partial charge in [0, 0.05) is 0 Å². The first-order valence-electron chi connectivity index (χ1n) is 9.30. The van der Waals surface area contributed by atoms with E-state index in [1.165, 1.54) is 5.56 Å². The van der Waals surface area contributed by atoms with Gasteiger partial charge in [-0.1, -0.05) is 12.1 Å². The highest BCUT2D eigenvalue weighted by Gasteiger charge is 2.52. The predicted molar refractivity (Wildman–Crippen MR) is 96.9 cm³/mol. The largest absolute Gasteiger partial charge is 0.508 e. The molecule has 2 N–H and O–H groups in total. The van der Waals surface area contributed by atoms with Crippen LogP contribution in [0.1, 0.15) is 57.9 Å². The van der Waals surface area contributed by atoms with Gasteiger partial charge in [-0.25, -0.2) is 4.79 Å². The maximum Gasteiger partial charge on any atom is 0.413 e. The van der Waals surface area contributed by atoms with Crippen LogP contribution in [0.15, 0.2) is 24.3 Å². The van der Waals surface area contributed by atoms with E-state index in [1.54, 1.807) is 17.0 Å². The number of aliphatic hydroxyl groups is 1. The molecule has 1 aliphatic carbocycles. The van der Waals surface area contributed by atoms with Gasteiger partial charge in [-0.05, 0) is 70.1 Å². The van der Waals surface area contributed by atoms with Gasteiger partial charge >= 0.3 is 6.09 Å². The third kappa shape index (κ3) is 3.81. The van der Waals surface area contributed by atoms with E-state index in [-0.39, 0.29) is 18.4 Å². The lowest BCUT2D eigenvalue weighted by atomic mass is 9.79. The van der Waals surface area contributed by atoms with Crippen LogP contribution >= 0.6 is 0 Å². The number of hydrogen-bond donors (Lipinski definition) is 2. The lowest BCUT2D eigenvalue weighted by molar-refractivity contribution is -0.112. The fourth-order valence-corrected chi connectivity index (χ4v) is 4.02. The quantitative estimate of drug-likeness (QED) is 0.842. The second-order valence-corrected chi connectivity index (χ2v) is 8.31. The zero-order valence-electron chi connectivity index (χ0n) is 15.8. The number of phenolic OH excluding ortho intramolecular Hbond substituents is 1. The molecule has 26 heavy (non-hydrogen) atoms. The van der Waals surface area contributed by atoms with Crippen molar-refractivity contribution >= 4 is 6.09 Å². The summed E-state index contributed by atoms with van der Waals surface area (Å²) >= 11 is 0. The summed E-state index contributed by atoms with van der Waals surface area (Å²) in [4.78, 5) is 14.4. The molecule has 1 saturated heterocycles. The Morgan fingerprint density at radius 2 is 1.88 bits per heavy atom. The minimum absolute atomic E-state index is 0.137. The van der Waals surface area contributed by atoms with Crippen LogP contribution in [-0.4, -0.2) is 51.8 Å². The molecular formula is C20H29NO5. The molecule has 0 unspecified atom stereocenters. The standard InChI is InChI=1S/C20H29NO5/c1-19(2,3)26-18(24)21-16(12-22)13-25-20(21)10-8-15(9-11-20)14-4-6-17(23)7-5-14/h4-7,15-16,22-23H,8-13H2,1-3H3/t15?,16-,20?/m1/s1. The molecule has 2 aliphatic rings. The molecule has 3 rings (SSSR count). The summed E-state index contributed by atoms with van der Waals surface area (Å²) in [7, 11) is 0. The number of ether oxygens (including phenoxy) is 2. The van der Waals surface area contributed by atoms with Crippen molar-refractivity contribution in [3.63, 3.8) is 0 Å². The van der Waals surface area contributed by atoms with Crippen LogP contribution in [0.25, 0.3) is 0 Å². The Kier molecular flexibility index (Phi) is 5.17. The van der Waals surface area contributed by atoms with Gasteiger partial charge in [-0.15, -0.1) is 0 Å². The molecule has 1 amide bonds. The minimum Gasteiger partial charge on any atom is -0.508 e. The highest BCUT2D eigenvalue weighted by molar-refractivity contribution is 5.70. The van der Waals surface area contributed by atoms with Crippen molar-refractivity contribution in [2.24, 2.45) is 0 Å². The Morgan fingerprint density at radius 3 is 2.42 bits per heavy atom. The Bertz CT molecular complexity index is 629. The highest BCUT2D eigenvalue weighted by Crippen LogP contribution is 2.45. The van der Waals surface area contributed by atoms with E-state index in [0.29, 0.717) is 25.4 Å². The van der Waals surface area contributed by atoms with E-state index >= 15 is 0 Å². The molecule has 1 heterocycles. The fourth-order valence-electron chi connectivity index (χ4n) is 4.02. The van der Waals surface area contributed by atoms with Crippen molar-refractivity contribution in [1.29, 1.82) is 0 Å². The number of benzene rings is 1. The van der Waals surface area contributed by atoms with Crippen molar-refractivity contribution in [2.75, 3.05) is 13.2 Å². The number of carbonyl (C=O) groups excluding carboxylic acids is 1. The zero-order valence-corrected chi connectivity index (χ0v) is 15.8. The molecular weight excluding hydrogens is 334 g/mol. The second-order valence-electron chi connectivity index (χ2n) is 8.31. The van der Waals surface area contributed by atoms with Gasteiger partial charge in [-0.2, -0.15) is 0 Å². The molecule has 1 saturated carbocycles. The van der Waals surface area contributed by atoms with Crippen molar-refractivity contribution in [3.05, 3.63) is 29.8 Å². The second kappa shape index (κ2) is 7.08. The Hall–Kier alpha value is -1.79. The summed E-state index contributed by atoms with van der Waals surface area (Å²) in [5.74, 6) is 0.639. The van der Waals surface area contributed by atoms with Crippen LogP contribution in [0.2, 0.25) is 0 Å². The van der Waals surface area contributed by atoms with E-state index in [9.17, 15) is 15.0 Å². The van der Waals surface area contributed by atoms with Gasteiger partial charge in [0.2, 0.25) is 0 Å². The zero-order chi connectivity index (χ0) is 18.9. The van der Waals surface area contributed by atoms with E-state index in [4.69, 9.17) is 9.47 Å². The first-order chi connectivity index (χ1) is 12.2. The third-order valence-corrected chi connectivity index (χ3v) is 5.28. The maximum atomic E-state index is 12.8. The van der Waals surface area contributed by atoms with Crippen LogP contribution < -0.4 is 0 Å². The van der Waals surface area contributed by atoms with Crippen LogP contribution in [0.5, 0.6) is 5.75 Å². The van der Waals surface area contributed by atoms with Crippen molar-refractivity contribution in [2.45, 2.75) is 69.7 Å². The van der Waals surface area contributed by atoms with Crippen molar-refractivity contribution in [3.8, 4) is 5.75 Å². The smallest absolute Gasteiger partial charge is 0.413 e. The average molecular weight is 363 g/mol. The average Bonchev–Trinajstić information content (AvgIpc) is 2.93. The maximum absolute atomic E-state index is 12.8. The van der Waals surface area contributed by atoms with Gasteiger partial charge in [0.1, 0.15) is 17.1 Å². The van der Waals surface area contributed by atoms with E-state index in [2.05, 4.69) is 0 Å². The molecule has 2 fully saturated rings. The molecule has 1 aliphatic heterocycles. The van der Waals surface area contributed by atoms with Crippen molar-refractivity contribution < 1.29 is 24.5 Å². The number of nitrogens with zero attached hydrogens (tertiary/aromatic N) is 1. The van der Waals surface area contributed by atoms with E-state index in [1.807, 2.05) is 32.9 Å². The number of amides is 1. The molecule has 6 heteroatoms. The monoisotopic (exact) mass is 363 g/mol. The summed E-state index contributed by atoms with van der Waals surface area (Å²) in [6.45, 7) is 5.71. The summed E-state index contributed by atoms with van der Waals surface area (Å²) in [6, 6.07) is 6.96. The molecule has 1 atom stereocenters. The third-order valence-electron chi connectivity index (χ3n) is 5.28. The summed E-state index contributed by atoms with van der Waals surface area (Å²) in [5, 5.41) is 19.2. The first-order valence-corrected chi connectivity index (χ1v) is 9.30. The van der Waals surface area contributed by atoms with Crippen LogP contribution in [-0.2, 0) is 9.47 Å². The molecule has 1 aromatic rings. The molecule has 144 valence electrons. The number of phenols is 1. The van der Waals surface area contributed by atoms with Gasteiger partial charge in [-0.3, -0.25) is 4.90 Å². The summed E-state index contributed by atoms with van der Waals surface area (Å²) < 4.78 is 11.6. The summed E-state index contributed by atoms with van der Waals surface area (Å²) in [5.41, 5.74) is -0.0917. The Balaban J connectivity index is 1.74. The Morgan fingerprint density at radius 1 is 1.27 bits per heavy atom. The van der Waals surface area contributed by atoms with Gasteiger partial charge in [0.25, 0.3) is 0 Å². The van der Waals surface area contributed by atoms with Gasteiger partial charge < -0.3 is 19.7 Å². The predicted octanol–water partition coefficient (Wildman–Crippen LogP) is 3.37. The number of hydrogen-bond acceptors (Lipinski definition) is 5. The molecule has 1 spiro atoms. The first kappa shape index (κ1) is 19.0. The van der Waals surface area contributed by atoms with Gasteiger partial charge in [0.05, 0.1) is 19.3 Å². The van der Waals surface area contributed by atoms with Crippen molar-refractivity contribution in [1.82, 2.24) is 4.90 Å². The number of carbonyl (C=O) groups is 1. The van der Waals surface area contributed by atoms with E-state index < -0.39 is 17.4 Å². The topological polar surface area (TPSA) is 79.2 Å². The summed E-state index contributed by atoms with van der Waals surface area (Å²) in [6.07, 6.45) is 2.74. The molecule has 0 radical (unpaired) electrons. The van der Waals surface area contributed by atoms with Crippen LogP contribution in [0, 0.1) is 0 Å². The van der Waals surface area contributed by atoms with E-state index in [0.717, 1.165) is 12.8 Å². The lowest BCUT2D eigenvalue weighted by Crippen LogP contribution is -2.55. The SMILES string of the molecule is CC(C)(C)OC(=O)N1[C@H](CO)COC12CCC(c1ccc(O)cc1)CC2. The normalized spacial score (nSPS) is 29.2. The number of rotatable bonds is 2.